The van der Waals surface area contributed by atoms with Gasteiger partial charge in [-0.3, -0.25) is 4.98 Å². The maximum Gasteiger partial charge on any atom is 0.218 e. The molecule has 2 aromatic heterocycles. The number of nitrogens with zero attached hydrogens (tertiary/aromatic N) is 2. The van der Waals surface area contributed by atoms with Crippen LogP contribution in [0.3, 0.4) is 0 Å². The largest absolute Gasteiger partial charge is 0.474 e. The summed E-state index contributed by atoms with van der Waals surface area (Å²) in [4.78, 5) is 8.72. The van der Waals surface area contributed by atoms with Gasteiger partial charge in [0.05, 0.1) is 0 Å². The van der Waals surface area contributed by atoms with Crippen molar-refractivity contribution in [2.75, 3.05) is 0 Å². The van der Waals surface area contributed by atoms with Crippen molar-refractivity contribution in [3.8, 4) is 5.88 Å². The minimum atomic E-state index is 0.342. The highest BCUT2D eigenvalue weighted by atomic mass is 16.5. The summed E-state index contributed by atoms with van der Waals surface area (Å²) in [6, 6.07) is 8.13. The van der Waals surface area contributed by atoms with Gasteiger partial charge in [-0.05, 0) is 50.3 Å². The lowest BCUT2D eigenvalue weighted by molar-refractivity contribution is 0.199. The summed E-state index contributed by atoms with van der Waals surface area (Å²) < 4.78 is 6.07. The van der Waals surface area contributed by atoms with E-state index in [-0.39, 0.29) is 0 Å². The van der Waals surface area contributed by atoms with E-state index in [1.807, 2.05) is 25.3 Å². The third-order valence-electron chi connectivity index (χ3n) is 4.18. The zero-order valence-corrected chi connectivity index (χ0v) is 13.1. The van der Waals surface area contributed by atoms with Gasteiger partial charge >= 0.3 is 0 Å². The van der Waals surface area contributed by atoms with Crippen LogP contribution in [0.15, 0.2) is 36.7 Å². The van der Waals surface area contributed by atoms with Crippen molar-refractivity contribution in [3.63, 3.8) is 0 Å². The first-order chi connectivity index (χ1) is 10.8. The molecular weight excluding hydrogens is 274 g/mol. The Kier molecular flexibility index (Phi) is 5.01. The van der Waals surface area contributed by atoms with Gasteiger partial charge in [0.1, 0.15) is 6.10 Å². The summed E-state index contributed by atoms with van der Waals surface area (Å²) >= 11 is 0. The minimum absolute atomic E-state index is 0.342. The Hall–Kier alpha value is -1.94. The quantitative estimate of drug-likeness (QED) is 0.887. The van der Waals surface area contributed by atoms with Crippen LogP contribution in [0.1, 0.15) is 42.5 Å². The van der Waals surface area contributed by atoms with Gasteiger partial charge in [0.25, 0.3) is 0 Å². The summed E-state index contributed by atoms with van der Waals surface area (Å²) in [6.45, 7) is 3.59. The van der Waals surface area contributed by atoms with E-state index in [9.17, 15) is 0 Å². The molecule has 116 valence electrons. The zero-order valence-electron chi connectivity index (χ0n) is 13.1. The Morgan fingerprint density at radius 1 is 1.05 bits per heavy atom. The third kappa shape index (κ3) is 3.83. The molecule has 1 N–H and O–H groups in total. The smallest absolute Gasteiger partial charge is 0.218 e. The Bertz CT molecular complexity index is 609. The molecule has 0 bridgehead atoms. The van der Waals surface area contributed by atoms with E-state index in [4.69, 9.17) is 4.74 Å². The molecule has 3 rings (SSSR count). The van der Waals surface area contributed by atoms with Gasteiger partial charge in [0, 0.05) is 36.7 Å². The maximum absolute atomic E-state index is 6.07. The molecule has 22 heavy (non-hydrogen) atoms. The molecule has 2 aromatic rings. The first-order valence-electron chi connectivity index (χ1n) is 8.04. The van der Waals surface area contributed by atoms with Crippen molar-refractivity contribution in [1.82, 2.24) is 15.3 Å². The van der Waals surface area contributed by atoms with Gasteiger partial charge in [-0.25, -0.2) is 4.98 Å². The fourth-order valence-electron chi connectivity index (χ4n) is 2.87. The van der Waals surface area contributed by atoms with Crippen LogP contribution in [0.2, 0.25) is 0 Å². The molecule has 1 aliphatic rings. The molecule has 0 aliphatic heterocycles. The average Bonchev–Trinajstić information content (AvgIpc) is 3.04. The van der Waals surface area contributed by atoms with E-state index in [0.717, 1.165) is 43.1 Å². The van der Waals surface area contributed by atoms with Gasteiger partial charge in [-0.15, -0.1) is 0 Å². The summed E-state index contributed by atoms with van der Waals surface area (Å²) in [7, 11) is 0. The van der Waals surface area contributed by atoms with E-state index >= 15 is 0 Å². The summed E-state index contributed by atoms with van der Waals surface area (Å²) in [5.41, 5.74) is 3.42. The van der Waals surface area contributed by atoms with Crippen molar-refractivity contribution >= 4 is 0 Å². The van der Waals surface area contributed by atoms with Crippen LogP contribution in [-0.4, -0.2) is 16.1 Å². The lowest BCUT2D eigenvalue weighted by Gasteiger charge is -2.15. The Balaban J connectivity index is 1.59. The standard InChI is InChI=1S/C18H23N3O/c1-14-15(6-4-10-20-14)12-19-13-16-7-5-11-21-18(16)22-17-8-2-3-9-17/h4-7,10-11,17,19H,2-3,8-9,12-13H2,1H3. The monoisotopic (exact) mass is 297 g/mol. The molecule has 0 spiro atoms. The molecule has 2 heterocycles. The Morgan fingerprint density at radius 2 is 1.73 bits per heavy atom. The van der Waals surface area contributed by atoms with Crippen LogP contribution in [0, 0.1) is 6.92 Å². The predicted molar refractivity (Wildman–Crippen MR) is 86.6 cm³/mol. The van der Waals surface area contributed by atoms with E-state index in [2.05, 4.69) is 27.4 Å². The van der Waals surface area contributed by atoms with Crippen LogP contribution in [0.4, 0.5) is 0 Å². The fraction of sp³-hybridized carbons (Fsp3) is 0.444. The van der Waals surface area contributed by atoms with Crippen molar-refractivity contribution in [1.29, 1.82) is 0 Å². The minimum Gasteiger partial charge on any atom is -0.474 e. The number of aromatic nitrogens is 2. The average molecular weight is 297 g/mol. The summed E-state index contributed by atoms with van der Waals surface area (Å²) in [5, 5.41) is 3.46. The molecule has 0 aromatic carbocycles. The normalized spacial score (nSPS) is 15.1. The topological polar surface area (TPSA) is 47.0 Å². The van der Waals surface area contributed by atoms with Gasteiger partial charge < -0.3 is 10.1 Å². The van der Waals surface area contributed by atoms with Crippen molar-refractivity contribution in [2.45, 2.75) is 51.8 Å². The summed E-state index contributed by atoms with van der Waals surface area (Å²) in [5.74, 6) is 0.782. The first kappa shape index (κ1) is 15.0. The number of nitrogens with one attached hydrogen (secondary N) is 1. The predicted octanol–water partition coefficient (Wildman–Crippen LogP) is 3.40. The number of aryl methyl sites for hydroxylation is 1. The van der Waals surface area contributed by atoms with Crippen molar-refractivity contribution in [3.05, 3.63) is 53.5 Å². The second-order valence-electron chi connectivity index (χ2n) is 5.84. The Labute approximate surface area is 132 Å². The number of hydrogen-bond acceptors (Lipinski definition) is 4. The highest BCUT2D eigenvalue weighted by Crippen LogP contribution is 2.24. The van der Waals surface area contributed by atoms with Crippen LogP contribution < -0.4 is 10.1 Å². The zero-order chi connectivity index (χ0) is 15.2. The molecule has 0 amide bonds. The van der Waals surface area contributed by atoms with E-state index in [0.29, 0.717) is 6.10 Å². The lowest BCUT2D eigenvalue weighted by atomic mass is 10.2. The van der Waals surface area contributed by atoms with Crippen molar-refractivity contribution < 1.29 is 4.74 Å². The highest BCUT2D eigenvalue weighted by Gasteiger charge is 2.18. The molecule has 0 saturated heterocycles. The van der Waals surface area contributed by atoms with Crippen LogP contribution in [0.5, 0.6) is 5.88 Å². The second kappa shape index (κ2) is 7.36. The van der Waals surface area contributed by atoms with Gasteiger partial charge in [-0.1, -0.05) is 12.1 Å². The highest BCUT2D eigenvalue weighted by molar-refractivity contribution is 5.26. The molecule has 0 radical (unpaired) electrons. The summed E-state index contributed by atoms with van der Waals surface area (Å²) in [6.07, 6.45) is 8.81. The fourth-order valence-corrected chi connectivity index (χ4v) is 2.87. The SMILES string of the molecule is Cc1ncccc1CNCc1cccnc1OC1CCCC1. The molecule has 4 nitrogen and oxygen atoms in total. The van der Waals surface area contributed by atoms with Crippen molar-refractivity contribution in [2.24, 2.45) is 0 Å². The molecular formula is C18H23N3O. The van der Waals surface area contributed by atoms with Gasteiger partial charge in [0.2, 0.25) is 5.88 Å². The van der Waals surface area contributed by atoms with Crippen LogP contribution in [0.25, 0.3) is 0 Å². The van der Waals surface area contributed by atoms with Gasteiger partial charge in [0.15, 0.2) is 0 Å². The van der Waals surface area contributed by atoms with E-state index in [1.165, 1.54) is 18.4 Å². The molecule has 0 atom stereocenters. The Morgan fingerprint density at radius 3 is 2.50 bits per heavy atom. The van der Waals surface area contributed by atoms with E-state index in [1.54, 1.807) is 6.20 Å². The van der Waals surface area contributed by atoms with E-state index < -0.39 is 0 Å². The third-order valence-corrected chi connectivity index (χ3v) is 4.18. The molecule has 1 aliphatic carbocycles. The molecule has 4 heteroatoms. The second-order valence-corrected chi connectivity index (χ2v) is 5.84. The number of rotatable bonds is 6. The molecule has 0 unspecified atom stereocenters. The lowest BCUT2D eigenvalue weighted by Crippen LogP contribution is -2.17. The number of hydrogen-bond donors (Lipinski definition) is 1. The van der Waals surface area contributed by atoms with Gasteiger partial charge in [-0.2, -0.15) is 0 Å². The number of ether oxygens (including phenoxy) is 1. The van der Waals surface area contributed by atoms with Crippen LogP contribution >= 0.6 is 0 Å². The molecule has 1 saturated carbocycles. The first-order valence-corrected chi connectivity index (χ1v) is 8.04. The molecule has 1 fully saturated rings. The van der Waals surface area contributed by atoms with Crippen LogP contribution in [-0.2, 0) is 13.1 Å². The number of pyridine rings is 2. The maximum atomic E-state index is 6.07.